The summed E-state index contributed by atoms with van der Waals surface area (Å²) in [5.41, 5.74) is 4.44. The summed E-state index contributed by atoms with van der Waals surface area (Å²) in [6.45, 7) is 10.1. The summed E-state index contributed by atoms with van der Waals surface area (Å²) in [6, 6.07) is 32.3. The Bertz CT molecular complexity index is 1340. The number of benzene rings is 4. The van der Waals surface area contributed by atoms with Crippen LogP contribution in [0.3, 0.4) is 0 Å². The van der Waals surface area contributed by atoms with E-state index >= 15 is 0 Å². The summed E-state index contributed by atoms with van der Waals surface area (Å²) in [7, 11) is 0. The second kappa shape index (κ2) is 20.4. The fourth-order valence-electron chi connectivity index (χ4n) is 4.87. The van der Waals surface area contributed by atoms with Crippen LogP contribution in [0.25, 0.3) is 22.3 Å². The predicted molar refractivity (Wildman–Crippen MR) is 194 cm³/mol. The molecule has 4 rings (SSSR count). The average Bonchev–Trinajstić information content (AvgIpc) is 3.12. The van der Waals surface area contributed by atoms with E-state index in [4.69, 9.17) is 28.4 Å². The topological polar surface area (TPSA) is 95.8 Å². The molecule has 0 aliphatic heterocycles. The highest BCUT2D eigenvalue weighted by Gasteiger charge is 2.08. The second-order valence-corrected chi connectivity index (χ2v) is 12.5. The predicted octanol–water partition coefficient (Wildman–Crippen LogP) is 7.98. The molecule has 0 heterocycles. The smallest absolute Gasteiger partial charge is 0.119 e. The Morgan fingerprint density at radius 2 is 0.673 bits per heavy atom. The zero-order chi connectivity index (χ0) is 34.8. The normalized spacial score (nSPS) is 13.7. The molecule has 0 aromatic heterocycles. The highest BCUT2D eigenvalue weighted by Crippen LogP contribution is 2.26. The van der Waals surface area contributed by atoms with Crippen LogP contribution in [0.1, 0.15) is 47.0 Å². The van der Waals surface area contributed by atoms with Crippen molar-refractivity contribution in [1.82, 2.24) is 0 Å². The first-order valence-corrected chi connectivity index (χ1v) is 17.3. The fraction of sp³-hybridized carbons (Fsp3) is 0.415. The van der Waals surface area contributed by atoms with E-state index in [9.17, 15) is 10.2 Å². The highest BCUT2D eigenvalue weighted by atomic mass is 16.5. The molecule has 0 saturated carbocycles. The fourth-order valence-corrected chi connectivity index (χ4v) is 4.87. The molecule has 4 atom stereocenters. The molecule has 0 fully saturated rings. The molecule has 0 radical (unpaired) electrons. The van der Waals surface area contributed by atoms with Gasteiger partial charge in [-0.15, -0.1) is 0 Å². The van der Waals surface area contributed by atoms with Crippen LogP contribution in [0.5, 0.6) is 23.0 Å². The third-order valence-corrected chi connectivity index (χ3v) is 7.62. The van der Waals surface area contributed by atoms with Crippen LogP contribution in [0.15, 0.2) is 97.1 Å². The van der Waals surface area contributed by atoms with Gasteiger partial charge in [0.25, 0.3) is 0 Å². The molecule has 0 spiro atoms. The minimum absolute atomic E-state index is 0.0955. The lowest BCUT2D eigenvalue weighted by Crippen LogP contribution is -2.22. The first-order valence-electron chi connectivity index (χ1n) is 17.3. The highest BCUT2D eigenvalue weighted by molar-refractivity contribution is 5.65. The summed E-state index contributed by atoms with van der Waals surface area (Å²) >= 11 is 0. The Balaban J connectivity index is 1.07. The molecule has 0 bridgehead atoms. The van der Waals surface area contributed by atoms with Gasteiger partial charge in [-0.25, -0.2) is 0 Å². The van der Waals surface area contributed by atoms with Crippen molar-refractivity contribution in [1.29, 1.82) is 0 Å². The molecule has 49 heavy (non-hydrogen) atoms. The van der Waals surface area contributed by atoms with Gasteiger partial charge in [0, 0.05) is 0 Å². The van der Waals surface area contributed by atoms with Crippen LogP contribution >= 0.6 is 0 Å². The van der Waals surface area contributed by atoms with Crippen LogP contribution in [-0.4, -0.2) is 74.3 Å². The number of aliphatic hydroxyl groups is 2. The minimum Gasteiger partial charge on any atom is -0.494 e. The van der Waals surface area contributed by atoms with Gasteiger partial charge < -0.3 is 38.6 Å². The van der Waals surface area contributed by atoms with Gasteiger partial charge in [0.1, 0.15) is 36.2 Å². The molecule has 4 aromatic carbocycles. The first kappa shape index (κ1) is 37.7. The molecule has 0 aliphatic rings. The van der Waals surface area contributed by atoms with Gasteiger partial charge in [-0.2, -0.15) is 0 Å². The molecule has 4 unspecified atom stereocenters. The van der Waals surface area contributed by atoms with Gasteiger partial charge in [-0.3, -0.25) is 0 Å². The van der Waals surface area contributed by atoms with E-state index in [1.165, 1.54) is 0 Å². The van der Waals surface area contributed by atoms with Crippen LogP contribution in [0.2, 0.25) is 0 Å². The molecule has 8 nitrogen and oxygen atoms in total. The van der Waals surface area contributed by atoms with Gasteiger partial charge in [0.2, 0.25) is 0 Å². The number of unbranched alkanes of at least 4 members (excludes halogenated alkanes) is 2. The maximum absolute atomic E-state index is 9.34. The molecule has 8 heteroatoms. The van der Waals surface area contributed by atoms with Crippen molar-refractivity contribution in [2.45, 2.75) is 71.4 Å². The summed E-state index contributed by atoms with van der Waals surface area (Å²) in [6.07, 6.45) is 1.79. The maximum Gasteiger partial charge on any atom is 0.119 e. The van der Waals surface area contributed by atoms with E-state index in [-0.39, 0.29) is 12.2 Å². The molecule has 0 amide bonds. The summed E-state index contributed by atoms with van der Waals surface area (Å²) < 4.78 is 34.6. The van der Waals surface area contributed by atoms with Crippen LogP contribution in [0, 0.1) is 0 Å². The van der Waals surface area contributed by atoms with Crippen molar-refractivity contribution in [2.24, 2.45) is 0 Å². The monoisotopic (exact) mass is 672 g/mol. The van der Waals surface area contributed by atoms with E-state index in [0.717, 1.165) is 64.5 Å². The lowest BCUT2D eigenvalue weighted by atomic mass is 10.1. The van der Waals surface area contributed by atoms with E-state index in [1.807, 2.05) is 86.6 Å². The van der Waals surface area contributed by atoms with Crippen LogP contribution < -0.4 is 18.9 Å². The van der Waals surface area contributed by atoms with Crippen LogP contribution in [0.4, 0.5) is 0 Å². The average molecular weight is 673 g/mol. The third-order valence-electron chi connectivity index (χ3n) is 7.62. The summed E-state index contributed by atoms with van der Waals surface area (Å²) in [5, 5.41) is 18.7. The lowest BCUT2D eigenvalue weighted by molar-refractivity contribution is -0.0132. The molecule has 2 N–H and O–H groups in total. The van der Waals surface area contributed by atoms with E-state index in [0.29, 0.717) is 39.6 Å². The van der Waals surface area contributed by atoms with Crippen LogP contribution in [-0.2, 0) is 9.47 Å². The molecular weight excluding hydrogens is 620 g/mol. The molecular formula is C41H52O8. The third kappa shape index (κ3) is 14.1. The number of rotatable bonds is 22. The molecule has 0 saturated heterocycles. The standard InChI is InChI=1S/C41H52O8/c1-30(42)26-46-32(3)28-48-40-20-12-36(13-21-40)34-8-16-38(17-9-34)44-24-6-5-7-25-45-39-18-10-35(11-19-39)37-14-22-41(23-15-37)49-29-33(4)47-27-31(2)43/h8-23,30-33,42-43H,5-7,24-29H2,1-4H3. The van der Waals surface area contributed by atoms with Crippen molar-refractivity contribution in [2.75, 3.05) is 39.6 Å². The van der Waals surface area contributed by atoms with Crippen molar-refractivity contribution in [3.63, 3.8) is 0 Å². The Hall–Kier alpha value is -4.08. The van der Waals surface area contributed by atoms with Crippen molar-refractivity contribution in [3.05, 3.63) is 97.1 Å². The minimum atomic E-state index is -0.482. The molecule has 0 aliphatic carbocycles. The molecule has 264 valence electrons. The van der Waals surface area contributed by atoms with Gasteiger partial charge in [0.05, 0.1) is 50.8 Å². The quantitative estimate of drug-likeness (QED) is 0.0812. The van der Waals surface area contributed by atoms with Crippen molar-refractivity contribution in [3.8, 4) is 45.3 Å². The number of ether oxygens (including phenoxy) is 6. The molecule has 4 aromatic rings. The Kier molecular flexibility index (Phi) is 15.7. The largest absolute Gasteiger partial charge is 0.494 e. The summed E-state index contributed by atoms with van der Waals surface area (Å²) in [4.78, 5) is 0. The van der Waals surface area contributed by atoms with E-state index < -0.39 is 12.2 Å². The van der Waals surface area contributed by atoms with Gasteiger partial charge >= 0.3 is 0 Å². The van der Waals surface area contributed by atoms with Gasteiger partial charge in [-0.1, -0.05) is 48.5 Å². The zero-order valence-corrected chi connectivity index (χ0v) is 29.3. The second-order valence-electron chi connectivity index (χ2n) is 12.5. The number of aliphatic hydroxyl groups excluding tert-OH is 2. The maximum atomic E-state index is 9.34. The van der Waals surface area contributed by atoms with Crippen molar-refractivity contribution < 1.29 is 38.6 Å². The number of hydrogen-bond acceptors (Lipinski definition) is 8. The zero-order valence-electron chi connectivity index (χ0n) is 29.3. The Morgan fingerprint density at radius 1 is 0.388 bits per heavy atom. The SMILES string of the molecule is CC(O)COC(C)COc1ccc(-c2ccc(OCCCCCOc3ccc(-c4ccc(OCC(C)OCC(C)O)cc4)cc3)cc2)cc1. The Morgan fingerprint density at radius 3 is 0.959 bits per heavy atom. The first-order chi connectivity index (χ1) is 23.7. The van der Waals surface area contributed by atoms with Crippen molar-refractivity contribution >= 4 is 0 Å². The van der Waals surface area contributed by atoms with E-state index in [1.54, 1.807) is 13.8 Å². The lowest BCUT2D eigenvalue weighted by Gasteiger charge is -2.15. The van der Waals surface area contributed by atoms with E-state index in [2.05, 4.69) is 24.3 Å². The Labute approximate surface area is 291 Å². The summed E-state index contributed by atoms with van der Waals surface area (Å²) in [5.74, 6) is 3.29. The van der Waals surface area contributed by atoms with Gasteiger partial charge in [-0.05, 0) is 118 Å². The number of hydrogen-bond donors (Lipinski definition) is 2. The van der Waals surface area contributed by atoms with Gasteiger partial charge in [0.15, 0.2) is 0 Å².